The van der Waals surface area contributed by atoms with E-state index in [9.17, 15) is 14.4 Å². The molecule has 0 bridgehead atoms. The van der Waals surface area contributed by atoms with Crippen LogP contribution in [0.3, 0.4) is 0 Å². The molecule has 0 unspecified atom stereocenters. The maximum Gasteiger partial charge on any atom is 0.271 e. The molecule has 0 aliphatic carbocycles. The van der Waals surface area contributed by atoms with Gasteiger partial charge in [-0.3, -0.25) is 19.3 Å². The number of amides is 3. The Morgan fingerprint density at radius 1 is 1.10 bits per heavy atom. The van der Waals surface area contributed by atoms with Gasteiger partial charge in [0.25, 0.3) is 11.8 Å². The summed E-state index contributed by atoms with van der Waals surface area (Å²) >= 11 is 0. The molecule has 2 aliphatic heterocycles. The first-order chi connectivity index (χ1) is 13.8. The van der Waals surface area contributed by atoms with E-state index in [0.717, 1.165) is 11.1 Å². The van der Waals surface area contributed by atoms with Crippen molar-refractivity contribution in [1.29, 1.82) is 0 Å². The molecule has 29 heavy (non-hydrogen) atoms. The first-order valence-corrected chi connectivity index (χ1v) is 9.92. The van der Waals surface area contributed by atoms with Crippen molar-refractivity contribution in [1.82, 2.24) is 4.90 Å². The second kappa shape index (κ2) is 6.72. The van der Waals surface area contributed by atoms with Gasteiger partial charge in [-0.15, -0.1) is 0 Å². The molecule has 1 atom stereocenters. The Labute approximate surface area is 170 Å². The van der Waals surface area contributed by atoms with Crippen molar-refractivity contribution >= 4 is 29.1 Å². The van der Waals surface area contributed by atoms with E-state index in [1.807, 2.05) is 45.9 Å². The number of hydrogen-bond acceptors (Lipinski definition) is 3. The van der Waals surface area contributed by atoms with Gasteiger partial charge in [0.05, 0.1) is 11.3 Å². The number of aryl methyl sites for hydroxylation is 2. The lowest BCUT2D eigenvalue weighted by atomic mass is 9.93. The molecule has 4 rings (SSSR count). The molecule has 3 amide bonds. The van der Waals surface area contributed by atoms with Crippen LogP contribution in [0.5, 0.6) is 0 Å². The van der Waals surface area contributed by atoms with Crippen molar-refractivity contribution in [3.8, 4) is 0 Å². The van der Waals surface area contributed by atoms with E-state index in [2.05, 4.69) is 5.32 Å². The Bertz CT molecular complexity index is 1030. The molecular formula is C23H25N3O3. The smallest absolute Gasteiger partial charge is 0.271 e. The van der Waals surface area contributed by atoms with Crippen LogP contribution in [0, 0.1) is 13.8 Å². The van der Waals surface area contributed by atoms with Crippen LogP contribution >= 0.6 is 0 Å². The standard InChI is InChI=1S/C23H25N3O3/c1-14(2)25-21(28)17-7-5-6-8-19(17)26-20(27)11-12-23(25,26)22(29)24-18-10-9-15(3)13-16(18)4/h5-10,13-14H,11-12H2,1-4H3,(H,24,29)/t23-/m1/s1. The summed E-state index contributed by atoms with van der Waals surface area (Å²) in [5.41, 5.74) is 2.31. The van der Waals surface area contributed by atoms with Gasteiger partial charge in [-0.05, 0) is 51.5 Å². The molecule has 0 saturated carbocycles. The van der Waals surface area contributed by atoms with E-state index >= 15 is 0 Å². The molecule has 6 heteroatoms. The topological polar surface area (TPSA) is 69.7 Å². The Balaban J connectivity index is 1.86. The van der Waals surface area contributed by atoms with E-state index in [1.165, 1.54) is 4.90 Å². The normalized spacial score (nSPS) is 20.7. The van der Waals surface area contributed by atoms with Crippen LogP contribution in [0.4, 0.5) is 11.4 Å². The summed E-state index contributed by atoms with van der Waals surface area (Å²) in [6, 6.07) is 12.5. The van der Waals surface area contributed by atoms with Gasteiger partial charge in [0, 0.05) is 24.6 Å². The van der Waals surface area contributed by atoms with Crippen LogP contribution in [0.15, 0.2) is 42.5 Å². The van der Waals surface area contributed by atoms with Crippen LogP contribution in [0.25, 0.3) is 0 Å². The summed E-state index contributed by atoms with van der Waals surface area (Å²) < 4.78 is 0. The molecule has 1 N–H and O–H groups in total. The lowest BCUT2D eigenvalue weighted by Crippen LogP contribution is -2.70. The third kappa shape index (κ3) is 2.74. The molecule has 1 saturated heterocycles. The van der Waals surface area contributed by atoms with Gasteiger partial charge >= 0.3 is 0 Å². The Morgan fingerprint density at radius 2 is 1.83 bits per heavy atom. The van der Waals surface area contributed by atoms with E-state index < -0.39 is 5.66 Å². The third-order valence-electron chi connectivity index (χ3n) is 5.81. The number of fused-ring (bicyclic) bond motifs is 3. The van der Waals surface area contributed by atoms with Crippen molar-refractivity contribution < 1.29 is 14.4 Å². The Morgan fingerprint density at radius 3 is 2.52 bits per heavy atom. The maximum absolute atomic E-state index is 13.7. The summed E-state index contributed by atoms with van der Waals surface area (Å²) in [6.45, 7) is 7.67. The average molecular weight is 391 g/mol. The third-order valence-corrected chi connectivity index (χ3v) is 5.81. The molecule has 0 radical (unpaired) electrons. The molecule has 150 valence electrons. The highest BCUT2D eigenvalue weighted by atomic mass is 16.2. The molecule has 1 fully saturated rings. The first kappa shape index (κ1) is 19.2. The lowest BCUT2D eigenvalue weighted by molar-refractivity contribution is -0.129. The second-order valence-corrected chi connectivity index (χ2v) is 8.10. The Kier molecular flexibility index (Phi) is 4.45. The van der Waals surface area contributed by atoms with Crippen LogP contribution in [0.1, 0.15) is 48.2 Å². The number of anilines is 2. The van der Waals surface area contributed by atoms with Gasteiger partial charge in [0.15, 0.2) is 0 Å². The predicted octanol–water partition coefficient (Wildman–Crippen LogP) is 3.63. The average Bonchev–Trinajstić information content (AvgIpc) is 3.02. The number of benzene rings is 2. The van der Waals surface area contributed by atoms with Crippen LogP contribution < -0.4 is 10.2 Å². The number of carbonyl (C=O) groups is 3. The number of para-hydroxylation sites is 1. The largest absolute Gasteiger partial charge is 0.322 e. The van der Waals surface area contributed by atoms with Crippen molar-refractivity contribution in [2.45, 2.75) is 52.2 Å². The van der Waals surface area contributed by atoms with Crippen LogP contribution in [0.2, 0.25) is 0 Å². The van der Waals surface area contributed by atoms with Gasteiger partial charge in [-0.25, -0.2) is 0 Å². The molecule has 2 aromatic rings. The monoisotopic (exact) mass is 391 g/mol. The number of nitrogens with one attached hydrogen (secondary N) is 1. The molecule has 2 aliphatic rings. The van der Waals surface area contributed by atoms with Crippen molar-refractivity contribution in [3.63, 3.8) is 0 Å². The SMILES string of the molecule is Cc1ccc(NC(=O)[C@@]23CCC(=O)N2c2ccccc2C(=O)N3C(C)C)c(C)c1. The van der Waals surface area contributed by atoms with Crippen LogP contribution in [-0.2, 0) is 9.59 Å². The number of hydrogen-bond donors (Lipinski definition) is 1. The van der Waals surface area contributed by atoms with E-state index in [4.69, 9.17) is 0 Å². The highest BCUT2D eigenvalue weighted by Gasteiger charge is 2.61. The zero-order valence-electron chi connectivity index (χ0n) is 17.2. The summed E-state index contributed by atoms with van der Waals surface area (Å²) in [5.74, 6) is -0.726. The Hall–Kier alpha value is -3.15. The summed E-state index contributed by atoms with van der Waals surface area (Å²) in [6.07, 6.45) is 0.478. The molecule has 6 nitrogen and oxygen atoms in total. The minimum absolute atomic E-state index is 0.147. The van der Waals surface area contributed by atoms with Gasteiger partial charge in [-0.2, -0.15) is 0 Å². The summed E-state index contributed by atoms with van der Waals surface area (Å²) in [7, 11) is 0. The zero-order chi connectivity index (χ0) is 20.9. The summed E-state index contributed by atoms with van der Waals surface area (Å²) in [5, 5.41) is 3.00. The fraction of sp³-hybridized carbons (Fsp3) is 0.348. The highest BCUT2D eigenvalue weighted by Crippen LogP contribution is 2.45. The minimum atomic E-state index is -1.37. The molecule has 2 aromatic carbocycles. The molecule has 2 heterocycles. The predicted molar refractivity (Wildman–Crippen MR) is 112 cm³/mol. The van der Waals surface area contributed by atoms with Gasteiger partial charge < -0.3 is 10.2 Å². The summed E-state index contributed by atoms with van der Waals surface area (Å²) in [4.78, 5) is 43.1. The van der Waals surface area contributed by atoms with Crippen molar-refractivity contribution in [2.75, 3.05) is 10.2 Å². The van der Waals surface area contributed by atoms with Gasteiger partial charge in [-0.1, -0.05) is 29.8 Å². The second-order valence-electron chi connectivity index (χ2n) is 8.10. The highest BCUT2D eigenvalue weighted by molar-refractivity contribution is 6.18. The fourth-order valence-corrected chi connectivity index (χ4v) is 4.58. The fourth-order valence-electron chi connectivity index (χ4n) is 4.58. The number of rotatable bonds is 3. The molecule has 0 spiro atoms. The van der Waals surface area contributed by atoms with E-state index in [0.29, 0.717) is 16.9 Å². The van der Waals surface area contributed by atoms with Crippen molar-refractivity contribution in [3.05, 3.63) is 59.2 Å². The lowest BCUT2D eigenvalue weighted by Gasteiger charge is -2.50. The van der Waals surface area contributed by atoms with Crippen molar-refractivity contribution in [2.24, 2.45) is 0 Å². The first-order valence-electron chi connectivity index (χ1n) is 9.92. The molecule has 0 aromatic heterocycles. The quantitative estimate of drug-likeness (QED) is 0.869. The number of carbonyl (C=O) groups excluding carboxylic acids is 3. The van der Waals surface area contributed by atoms with Crippen LogP contribution in [-0.4, -0.2) is 34.3 Å². The van der Waals surface area contributed by atoms with Gasteiger partial charge in [0.1, 0.15) is 0 Å². The van der Waals surface area contributed by atoms with E-state index in [-0.39, 0.29) is 36.6 Å². The van der Waals surface area contributed by atoms with Gasteiger partial charge in [0.2, 0.25) is 11.6 Å². The van der Waals surface area contributed by atoms with E-state index in [1.54, 1.807) is 29.2 Å². The molecular weight excluding hydrogens is 366 g/mol. The maximum atomic E-state index is 13.7. The minimum Gasteiger partial charge on any atom is -0.322 e. The zero-order valence-corrected chi connectivity index (χ0v) is 17.2. The number of nitrogens with zero attached hydrogens (tertiary/aromatic N) is 2.